The largest absolute Gasteiger partial charge is 0.350 e. The summed E-state index contributed by atoms with van der Waals surface area (Å²) in [6.45, 7) is 3.37. The van der Waals surface area contributed by atoms with Gasteiger partial charge in [-0.1, -0.05) is 30.3 Å². The molecule has 2 aliphatic heterocycles. The number of carbonyl (C=O) groups is 2. The second kappa shape index (κ2) is 6.30. The van der Waals surface area contributed by atoms with E-state index in [9.17, 15) is 9.59 Å². The Morgan fingerprint density at radius 3 is 2.56 bits per heavy atom. The summed E-state index contributed by atoms with van der Waals surface area (Å²) in [4.78, 5) is 27.7. The Morgan fingerprint density at radius 2 is 1.92 bits per heavy atom. The summed E-state index contributed by atoms with van der Waals surface area (Å²) in [5.74, 6) is 0.451. The Hall–Kier alpha value is -2.14. The highest BCUT2D eigenvalue weighted by Gasteiger charge is 2.49. The van der Waals surface area contributed by atoms with Gasteiger partial charge in [-0.3, -0.25) is 9.59 Å². The predicted molar refractivity (Wildman–Crippen MR) is 98.9 cm³/mol. The third-order valence-electron chi connectivity index (χ3n) is 5.65. The van der Waals surface area contributed by atoms with Crippen LogP contribution in [-0.2, 0) is 4.79 Å². The van der Waals surface area contributed by atoms with Crippen molar-refractivity contribution in [2.24, 2.45) is 0 Å². The summed E-state index contributed by atoms with van der Waals surface area (Å²) < 4.78 is 0. The molecule has 0 bridgehead atoms. The van der Waals surface area contributed by atoms with E-state index in [1.54, 1.807) is 0 Å². The summed E-state index contributed by atoms with van der Waals surface area (Å²) in [5, 5.41) is 5.22. The van der Waals surface area contributed by atoms with Gasteiger partial charge in [0.05, 0.1) is 10.4 Å². The van der Waals surface area contributed by atoms with Crippen molar-refractivity contribution in [3.05, 3.63) is 57.8 Å². The molecule has 1 aromatic heterocycles. The van der Waals surface area contributed by atoms with Crippen molar-refractivity contribution >= 4 is 23.2 Å². The molecule has 0 unspecified atom stereocenters. The van der Waals surface area contributed by atoms with Crippen LogP contribution in [0.25, 0.3) is 0 Å². The summed E-state index contributed by atoms with van der Waals surface area (Å²) in [6, 6.07) is 12.3. The molecule has 1 spiro atoms. The number of aryl methyl sites for hydroxylation is 1. The number of benzene rings is 1. The van der Waals surface area contributed by atoms with Crippen LogP contribution < -0.4 is 5.32 Å². The van der Waals surface area contributed by atoms with Crippen molar-refractivity contribution in [2.75, 3.05) is 13.1 Å². The zero-order chi connectivity index (χ0) is 17.4. The van der Waals surface area contributed by atoms with Crippen LogP contribution in [0.15, 0.2) is 41.8 Å². The van der Waals surface area contributed by atoms with Crippen LogP contribution in [-0.4, -0.2) is 35.3 Å². The average molecular weight is 354 g/mol. The molecular formula is C20H22N2O2S. The fourth-order valence-electron chi connectivity index (χ4n) is 4.24. The molecule has 2 amide bonds. The summed E-state index contributed by atoms with van der Waals surface area (Å²) in [7, 11) is 0. The molecule has 0 radical (unpaired) electrons. The van der Waals surface area contributed by atoms with E-state index in [0.29, 0.717) is 19.5 Å². The molecule has 2 fully saturated rings. The first-order valence-electron chi connectivity index (χ1n) is 8.78. The minimum Gasteiger partial charge on any atom is -0.350 e. The van der Waals surface area contributed by atoms with E-state index in [0.717, 1.165) is 23.3 Å². The minimum atomic E-state index is -0.209. The maximum Gasteiger partial charge on any atom is 0.264 e. The number of rotatable bonds is 2. The van der Waals surface area contributed by atoms with E-state index in [1.807, 2.05) is 41.5 Å². The molecule has 1 N–H and O–H groups in total. The maximum absolute atomic E-state index is 12.7. The van der Waals surface area contributed by atoms with Gasteiger partial charge in [0.2, 0.25) is 5.91 Å². The second-order valence-corrected chi connectivity index (χ2v) is 8.01. The first kappa shape index (κ1) is 16.3. The number of thiophene rings is 1. The predicted octanol–water partition coefficient (Wildman–Crippen LogP) is 3.34. The molecule has 2 aromatic rings. The van der Waals surface area contributed by atoms with Gasteiger partial charge < -0.3 is 10.2 Å². The molecule has 130 valence electrons. The first-order valence-corrected chi connectivity index (χ1v) is 9.66. The van der Waals surface area contributed by atoms with Gasteiger partial charge in [-0.2, -0.15) is 0 Å². The lowest BCUT2D eigenvalue weighted by molar-refractivity contribution is -0.120. The van der Waals surface area contributed by atoms with Gasteiger partial charge in [0.1, 0.15) is 0 Å². The highest BCUT2D eigenvalue weighted by molar-refractivity contribution is 7.12. The van der Waals surface area contributed by atoms with Crippen LogP contribution in [0.2, 0.25) is 0 Å². The molecule has 0 saturated carbocycles. The number of nitrogens with one attached hydrogen (secondary N) is 1. The van der Waals surface area contributed by atoms with Gasteiger partial charge in [0.15, 0.2) is 0 Å². The number of nitrogens with zero attached hydrogens (tertiary/aromatic N) is 1. The van der Waals surface area contributed by atoms with Crippen molar-refractivity contribution in [3.63, 3.8) is 0 Å². The second-order valence-electron chi connectivity index (χ2n) is 7.10. The van der Waals surface area contributed by atoms with Gasteiger partial charge in [0.25, 0.3) is 5.91 Å². The molecule has 25 heavy (non-hydrogen) atoms. The van der Waals surface area contributed by atoms with E-state index in [1.165, 1.54) is 16.9 Å². The third-order valence-corrected chi connectivity index (χ3v) is 6.65. The normalized spacial score (nSPS) is 22.2. The topological polar surface area (TPSA) is 49.4 Å². The summed E-state index contributed by atoms with van der Waals surface area (Å²) >= 11 is 1.51. The number of likely N-dealkylation sites (tertiary alicyclic amines) is 1. The quantitative estimate of drug-likeness (QED) is 0.899. The highest BCUT2D eigenvalue weighted by Crippen LogP contribution is 2.43. The smallest absolute Gasteiger partial charge is 0.264 e. The molecule has 2 saturated heterocycles. The van der Waals surface area contributed by atoms with E-state index in [-0.39, 0.29) is 23.3 Å². The van der Waals surface area contributed by atoms with Gasteiger partial charge in [-0.15, -0.1) is 11.3 Å². The molecule has 5 heteroatoms. The van der Waals surface area contributed by atoms with Crippen molar-refractivity contribution < 1.29 is 9.59 Å². The van der Waals surface area contributed by atoms with Crippen LogP contribution in [0.3, 0.4) is 0 Å². The van der Waals surface area contributed by atoms with E-state index >= 15 is 0 Å². The Kier molecular flexibility index (Phi) is 4.12. The van der Waals surface area contributed by atoms with Gasteiger partial charge in [-0.05, 0) is 42.3 Å². The van der Waals surface area contributed by atoms with Crippen molar-refractivity contribution in [1.29, 1.82) is 0 Å². The molecule has 3 heterocycles. The number of carbonyl (C=O) groups excluding carboxylic acids is 2. The molecule has 1 aromatic carbocycles. The van der Waals surface area contributed by atoms with Crippen LogP contribution >= 0.6 is 11.3 Å². The Bertz CT molecular complexity index is 791. The van der Waals surface area contributed by atoms with Crippen LogP contribution in [0.4, 0.5) is 0 Å². The molecular weight excluding hydrogens is 332 g/mol. The van der Waals surface area contributed by atoms with Crippen LogP contribution in [0, 0.1) is 6.92 Å². The van der Waals surface area contributed by atoms with E-state index in [4.69, 9.17) is 0 Å². The molecule has 1 atom stereocenters. The SMILES string of the molecule is Cc1ccsc1C(=O)N1CCC2(CC1)NC(=O)C[C@@H]2c1ccccc1. The fraction of sp³-hybridized carbons (Fsp3) is 0.400. The summed E-state index contributed by atoms with van der Waals surface area (Å²) in [6.07, 6.45) is 2.17. The van der Waals surface area contributed by atoms with Gasteiger partial charge >= 0.3 is 0 Å². The first-order chi connectivity index (χ1) is 12.1. The molecule has 0 aliphatic carbocycles. The Labute approximate surface area is 151 Å². The summed E-state index contributed by atoms with van der Waals surface area (Å²) in [5.41, 5.74) is 2.06. The lowest BCUT2D eigenvalue weighted by atomic mass is 9.74. The Balaban J connectivity index is 1.52. The molecule has 4 rings (SSSR count). The van der Waals surface area contributed by atoms with Crippen LogP contribution in [0.1, 0.15) is 46.0 Å². The van der Waals surface area contributed by atoms with Crippen molar-refractivity contribution in [2.45, 2.75) is 37.6 Å². The monoisotopic (exact) mass is 354 g/mol. The van der Waals surface area contributed by atoms with E-state index in [2.05, 4.69) is 17.4 Å². The number of amides is 2. The molecule has 2 aliphatic rings. The maximum atomic E-state index is 12.7. The molecule has 4 nitrogen and oxygen atoms in total. The lowest BCUT2D eigenvalue weighted by Crippen LogP contribution is -2.54. The van der Waals surface area contributed by atoms with Crippen molar-refractivity contribution in [1.82, 2.24) is 10.2 Å². The number of hydrogen-bond donors (Lipinski definition) is 1. The Morgan fingerprint density at radius 1 is 1.20 bits per heavy atom. The minimum absolute atomic E-state index is 0.128. The fourth-order valence-corrected chi connectivity index (χ4v) is 5.13. The lowest BCUT2D eigenvalue weighted by Gasteiger charge is -2.43. The zero-order valence-corrected chi connectivity index (χ0v) is 15.1. The van der Waals surface area contributed by atoms with Crippen LogP contribution in [0.5, 0.6) is 0 Å². The zero-order valence-electron chi connectivity index (χ0n) is 14.3. The van der Waals surface area contributed by atoms with E-state index < -0.39 is 0 Å². The van der Waals surface area contributed by atoms with Gasteiger partial charge in [0, 0.05) is 25.4 Å². The average Bonchev–Trinajstić information content (AvgIpc) is 3.19. The highest BCUT2D eigenvalue weighted by atomic mass is 32.1. The standard InChI is InChI=1S/C20H22N2O2S/c1-14-7-12-25-18(14)19(24)22-10-8-20(9-11-22)16(13-17(23)21-20)15-5-3-2-4-6-15/h2-7,12,16H,8-11,13H2,1H3,(H,21,23)/t16-/m1/s1. The number of hydrogen-bond acceptors (Lipinski definition) is 3. The third kappa shape index (κ3) is 2.86. The van der Waals surface area contributed by atoms with Gasteiger partial charge in [-0.25, -0.2) is 0 Å². The van der Waals surface area contributed by atoms with Crippen molar-refractivity contribution in [3.8, 4) is 0 Å². The number of piperidine rings is 1.